The van der Waals surface area contributed by atoms with Crippen LogP contribution in [-0.2, 0) is 14.8 Å². The van der Waals surface area contributed by atoms with E-state index in [-0.39, 0.29) is 10.6 Å². The molecule has 0 spiro atoms. The number of aryl methyl sites for hydroxylation is 2. The molecule has 0 fully saturated rings. The molecule has 0 heterocycles. The van der Waals surface area contributed by atoms with Crippen LogP contribution >= 0.6 is 11.6 Å². The molecular formula is C22H20ClNO4S. The Morgan fingerprint density at radius 2 is 1.38 bits per heavy atom. The molecule has 0 atom stereocenters. The molecule has 150 valence electrons. The zero-order valence-electron chi connectivity index (χ0n) is 16.0. The Morgan fingerprint density at radius 1 is 0.862 bits per heavy atom. The van der Waals surface area contributed by atoms with E-state index < -0.39 is 22.5 Å². The Morgan fingerprint density at radius 3 is 1.93 bits per heavy atom. The zero-order valence-corrected chi connectivity index (χ0v) is 17.6. The highest BCUT2D eigenvalue weighted by atomic mass is 35.5. The van der Waals surface area contributed by atoms with Gasteiger partial charge >= 0.3 is 0 Å². The first-order valence-electron chi connectivity index (χ1n) is 8.87. The van der Waals surface area contributed by atoms with Crippen molar-refractivity contribution in [2.75, 3.05) is 10.9 Å². The normalized spacial score (nSPS) is 11.1. The lowest BCUT2D eigenvalue weighted by atomic mass is 10.2. The van der Waals surface area contributed by atoms with Gasteiger partial charge in [0, 0.05) is 5.02 Å². The number of hydrogen-bond donors (Lipinski definition) is 0. The summed E-state index contributed by atoms with van der Waals surface area (Å²) in [5.41, 5.74) is 2.12. The third kappa shape index (κ3) is 4.96. The Hall–Kier alpha value is -2.83. The van der Waals surface area contributed by atoms with Crippen molar-refractivity contribution in [3.8, 4) is 5.75 Å². The number of nitrogens with zero attached hydrogens (tertiary/aromatic N) is 1. The molecule has 3 rings (SSSR count). The predicted octanol–water partition coefficient (Wildman–Crippen LogP) is 4.76. The Bertz CT molecular complexity index is 1090. The summed E-state index contributed by atoms with van der Waals surface area (Å²) in [6, 6.07) is 19.5. The van der Waals surface area contributed by atoms with Crippen LogP contribution in [0.15, 0.2) is 77.7 Å². The largest absolute Gasteiger partial charge is 0.484 e. The van der Waals surface area contributed by atoms with Crippen molar-refractivity contribution >= 4 is 33.2 Å². The third-order valence-corrected chi connectivity index (χ3v) is 6.25. The Balaban J connectivity index is 1.94. The Kier molecular flexibility index (Phi) is 6.25. The average molecular weight is 430 g/mol. The quantitative estimate of drug-likeness (QED) is 0.566. The van der Waals surface area contributed by atoms with Crippen LogP contribution in [-0.4, -0.2) is 20.9 Å². The first kappa shape index (κ1) is 20.9. The van der Waals surface area contributed by atoms with Crippen molar-refractivity contribution in [3.05, 3.63) is 88.9 Å². The number of anilines is 1. The van der Waals surface area contributed by atoms with Crippen molar-refractivity contribution in [2.45, 2.75) is 18.7 Å². The Labute approximate surface area is 175 Å². The number of benzene rings is 3. The monoisotopic (exact) mass is 429 g/mol. The van der Waals surface area contributed by atoms with Gasteiger partial charge < -0.3 is 4.74 Å². The number of sulfonamides is 1. The minimum absolute atomic E-state index is 0.0310. The summed E-state index contributed by atoms with van der Waals surface area (Å²) in [5.74, 6) is -0.288. The van der Waals surface area contributed by atoms with Crippen LogP contribution in [0.5, 0.6) is 5.75 Å². The smallest absolute Gasteiger partial charge is 0.278 e. The van der Waals surface area contributed by atoms with Gasteiger partial charge in [-0.15, -0.1) is 0 Å². The molecule has 0 N–H and O–H groups in total. The molecule has 29 heavy (non-hydrogen) atoms. The van der Waals surface area contributed by atoms with Crippen molar-refractivity contribution in [3.63, 3.8) is 0 Å². The molecule has 5 nitrogen and oxygen atoms in total. The lowest BCUT2D eigenvalue weighted by Gasteiger charge is -2.23. The van der Waals surface area contributed by atoms with Gasteiger partial charge in [-0.1, -0.05) is 47.0 Å². The van der Waals surface area contributed by atoms with Gasteiger partial charge in [0.2, 0.25) is 0 Å². The van der Waals surface area contributed by atoms with Gasteiger partial charge in [0.15, 0.2) is 6.61 Å². The first-order valence-corrected chi connectivity index (χ1v) is 10.7. The summed E-state index contributed by atoms with van der Waals surface area (Å²) in [7, 11) is -4.11. The molecule has 0 unspecified atom stereocenters. The molecule has 3 aromatic rings. The second-order valence-corrected chi connectivity index (χ2v) is 8.78. The molecule has 7 heteroatoms. The fourth-order valence-electron chi connectivity index (χ4n) is 2.65. The second-order valence-electron chi connectivity index (χ2n) is 6.55. The van der Waals surface area contributed by atoms with Gasteiger partial charge in [0.1, 0.15) is 5.75 Å². The van der Waals surface area contributed by atoms with Gasteiger partial charge in [-0.3, -0.25) is 4.79 Å². The van der Waals surface area contributed by atoms with Crippen LogP contribution in [0.25, 0.3) is 0 Å². The third-order valence-electron chi connectivity index (χ3n) is 4.23. The van der Waals surface area contributed by atoms with E-state index in [0.717, 1.165) is 15.4 Å². The number of hydrogen-bond acceptors (Lipinski definition) is 4. The van der Waals surface area contributed by atoms with E-state index in [4.69, 9.17) is 16.3 Å². The maximum absolute atomic E-state index is 13.3. The average Bonchev–Trinajstić information content (AvgIpc) is 2.69. The van der Waals surface area contributed by atoms with Crippen molar-refractivity contribution in [1.82, 2.24) is 0 Å². The molecule has 3 aromatic carbocycles. The highest BCUT2D eigenvalue weighted by Crippen LogP contribution is 2.25. The van der Waals surface area contributed by atoms with E-state index in [1.54, 1.807) is 60.7 Å². The first-order chi connectivity index (χ1) is 13.8. The molecule has 0 aliphatic rings. The maximum atomic E-state index is 13.3. The zero-order chi connectivity index (χ0) is 21.0. The number of amides is 1. The number of halogens is 1. The van der Waals surface area contributed by atoms with Crippen molar-refractivity contribution in [2.24, 2.45) is 0 Å². The van der Waals surface area contributed by atoms with Gasteiger partial charge in [-0.2, -0.15) is 4.31 Å². The maximum Gasteiger partial charge on any atom is 0.278 e. The van der Waals surface area contributed by atoms with Crippen molar-refractivity contribution in [1.29, 1.82) is 0 Å². The minimum atomic E-state index is -4.11. The highest BCUT2D eigenvalue weighted by molar-refractivity contribution is 7.93. The molecule has 0 bridgehead atoms. The number of ether oxygens (including phenoxy) is 1. The highest BCUT2D eigenvalue weighted by Gasteiger charge is 2.31. The van der Waals surface area contributed by atoms with E-state index in [1.165, 1.54) is 12.1 Å². The van der Waals surface area contributed by atoms with E-state index in [0.29, 0.717) is 10.8 Å². The van der Waals surface area contributed by atoms with Crippen LogP contribution in [0.2, 0.25) is 5.02 Å². The van der Waals surface area contributed by atoms with Crippen LogP contribution in [0.1, 0.15) is 11.1 Å². The molecule has 1 amide bonds. The summed E-state index contributed by atoms with van der Waals surface area (Å²) in [6.07, 6.45) is 0. The SMILES string of the molecule is Cc1ccc(N(C(=O)COc2ccc(Cl)cc2)S(=O)(=O)c2ccc(C)cc2)cc1. The summed E-state index contributed by atoms with van der Waals surface area (Å²) >= 11 is 5.85. The molecule has 0 saturated carbocycles. The molecule has 0 radical (unpaired) electrons. The van der Waals surface area contributed by atoms with Crippen LogP contribution in [0.4, 0.5) is 5.69 Å². The second kappa shape index (κ2) is 8.68. The standard InChI is InChI=1S/C22H20ClNO4S/c1-16-3-9-19(10-4-16)24(29(26,27)21-13-5-17(2)6-14-21)22(25)15-28-20-11-7-18(23)8-12-20/h3-14H,15H2,1-2H3. The summed E-state index contributed by atoms with van der Waals surface area (Å²) in [4.78, 5) is 13.0. The lowest BCUT2D eigenvalue weighted by molar-refractivity contribution is -0.119. The van der Waals surface area contributed by atoms with E-state index in [9.17, 15) is 13.2 Å². The fraction of sp³-hybridized carbons (Fsp3) is 0.136. The van der Waals surface area contributed by atoms with Crippen LogP contribution in [0.3, 0.4) is 0 Å². The number of carbonyl (C=O) groups excluding carboxylic acids is 1. The van der Waals surface area contributed by atoms with Crippen LogP contribution < -0.4 is 9.04 Å². The van der Waals surface area contributed by atoms with Gasteiger partial charge in [0.05, 0.1) is 10.6 Å². The topological polar surface area (TPSA) is 63.7 Å². The van der Waals surface area contributed by atoms with Crippen LogP contribution in [0, 0.1) is 13.8 Å². The molecule has 0 saturated heterocycles. The predicted molar refractivity (Wildman–Crippen MR) is 114 cm³/mol. The summed E-state index contributed by atoms with van der Waals surface area (Å²) < 4.78 is 32.8. The lowest BCUT2D eigenvalue weighted by Crippen LogP contribution is -2.40. The molecule has 0 aliphatic carbocycles. The van der Waals surface area contributed by atoms with Gasteiger partial charge in [-0.05, 0) is 62.4 Å². The van der Waals surface area contributed by atoms with E-state index >= 15 is 0 Å². The summed E-state index contributed by atoms with van der Waals surface area (Å²) in [5, 5.41) is 0.534. The van der Waals surface area contributed by atoms with Crippen molar-refractivity contribution < 1.29 is 17.9 Å². The van der Waals surface area contributed by atoms with E-state index in [2.05, 4.69) is 0 Å². The summed E-state index contributed by atoms with van der Waals surface area (Å²) in [6.45, 7) is 3.30. The van der Waals surface area contributed by atoms with E-state index in [1.807, 2.05) is 13.8 Å². The minimum Gasteiger partial charge on any atom is -0.484 e. The fourth-order valence-corrected chi connectivity index (χ4v) is 4.18. The van der Waals surface area contributed by atoms with Gasteiger partial charge in [0.25, 0.3) is 15.9 Å². The number of carbonyl (C=O) groups is 1. The van der Waals surface area contributed by atoms with Gasteiger partial charge in [-0.25, -0.2) is 8.42 Å². The molecular weight excluding hydrogens is 410 g/mol. The molecule has 0 aliphatic heterocycles. The molecule has 0 aromatic heterocycles. The number of rotatable bonds is 6.